The fourth-order valence-electron chi connectivity index (χ4n) is 2.95. The van der Waals surface area contributed by atoms with Gasteiger partial charge in [0.05, 0.1) is 0 Å². The van der Waals surface area contributed by atoms with Gasteiger partial charge in [0.2, 0.25) is 0 Å². The lowest BCUT2D eigenvalue weighted by Gasteiger charge is -2.11. The van der Waals surface area contributed by atoms with Gasteiger partial charge >= 0.3 is 0 Å². The molecule has 0 spiro atoms. The fourth-order valence-corrected chi connectivity index (χ4v) is 2.95. The van der Waals surface area contributed by atoms with Crippen LogP contribution in [0, 0.1) is 6.92 Å². The van der Waals surface area contributed by atoms with Gasteiger partial charge in [0, 0.05) is 18.8 Å². The molecule has 118 valence electrons. The third kappa shape index (κ3) is 3.21. The van der Waals surface area contributed by atoms with E-state index in [0.29, 0.717) is 0 Å². The van der Waals surface area contributed by atoms with Gasteiger partial charge in [-0.1, -0.05) is 67.8 Å². The zero-order valence-corrected chi connectivity index (χ0v) is 14.0. The van der Waals surface area contributed by atoms with E-state index in [2.05, 4.69) is 73.6 Å². The second-order valence-electron chi connectivity index (χ2n) is 5.87. The predicted molar refractivity (Wildman–Crippen MR) is 106 cm³/mol. The van der Waals surface area contributed by atoms with Crippen LogP contribution in [0.4, 0.5) is 0 Å². The van der Waals surface area contributed by atoms with E-state index in [-0.39, 0.29) is 0 Å². The number of benzene rings is 2. The van der Waals surface area contributed by atoms with Crippen LogP contribution in [0.2, 0.25) is 0 Å². The Kier molecular flexibility index (Phi) is 4.72. The third-order valence-corrected chi connectivity index (χ3v) is 4.32. The highest BCUT2D eigenvalue weighted by Gasteiger charge is 2.07. The molecule has 0 unspecified atom stereocenters. The van der Waals surface area contributed by atoms with Gasteiger partial charge in [-0.25, -0.2) is 0 Å². The van der Waals surface area contributed by atoms with Crippen LogP contribution in [0.15, 0.2) is 96.2 Å². The Morgan fingerprint density at radius 3 is 2.67 bits per heavy atom. The SMILES string of the molecule is C=C/C1=C/C=C(/c2cccc3c(C)cccc23)CC=N/C=C\C1=C. The molecule has 0 radical (unpaired) electrons. The molecule has 0 saturated carbocycles. The van der Waals surface area contributed by atoms with E-state index in [0.717, 1.165) is 17.6 Å². The monoisotopic (exact) mass is 311 g/mol. The molecule has 0 aromatic heterocycles. The number of fused-ring (bicyclic) bond motifs is 1. The van der Waals surface area contributed by atoms with Gasteiger partial charge in [-0.15, -0.1) is 0 Å². The van der Waals surface area contributed by atoms with Gasteiger partial charge < -0.3 is 0 Å². The number of aryl methyl sites for hydroxylation is 1. The molecule has 0 aliphatic carbocycles. The average Bonchev–Trinajstić information content (AvgIpc) is 2.60. The number of rotatable bonds is 2. The van der Waals surface area contributed by atoms with Crippen molar-refractivity contribution < 1.29 is 0 Å². The summed E-state index contributed by atoms with van der Waals surface area (Å²) < 4.78 is 0. The third-order valence-electron chi connectivity index (χ3n) is 4.32. The molecule has 1 aliphatic heterocycles. The Balaban J connectivity index is 2.18. The van der Waals surface area contributed by atoms with E-state index in [1.165, 1.54) is 27.5 Å². The number of hydrogen-bond donors (Lipinski definition) is 0. The van der Waals surface area contributed by atoms with E-state index in [4.69, 9.17) is 0 Å². The van der Waals surface area contributed by atoms with Crippen LogP contribution < -0.4 is 0 Å². The largest absolute Gasteiger partial charge is 0.269 e. The highest BCUT2D eigenvalue weighted by atomic mass is 14.7. The molecule has 0 saturated heterocycles. The topological polar surface area (TPSA) is 12.4 Å². The summed E-state index contributed by atoms with van der Waals surface area (Å²) in [5.74, 6) is 0. The Hall–Kier alpha value is -2.93. The maximum atomic E-state index is 4.36. The lowest BCUT2D eigenvalue weighted by molar-refractivity contribution is 1.43. The van der Waals surface area contributed by atoms with Crippen molar-refractivity contribution in [2.45, 2.75) is 13.3 Å². The molecule has 0 fully saturated rings. The van der Waals surface area contributed by atoms with Gasteiger partial charge in [0.25, 0.3) is 0 Å². The second kappa shape index (κ2) is 7.10. The molecule has 1 nitrogen and oxygen atoms in total. The summed E-state index contributed by atoms with van der Waals surface area (Å²) in [5.41, 5.74) is 5.70. The van der Waals surface area contributed by atoms with Crippen molar-refractivity contribution in [1.82, 2.24) is 0 Å². The van der Waals surface area contributed by atoms with Crippen LogP contribution in [0.3, 0.4) is 0 Å². The van der Waals surface area contributed by atoms with E-state index in [9.17, 15) is 0 Å². The Labute approximate surface area is 143 Å². The van der Waals surface area contributed by atoms with Crippen molar-refractivity contribution in [3.05, 3.63) is 102 Å². The number of nitrogens with zero attached hydrogens (tertiary/aromatic N) is 1. The first-order valence-electron chi connectivity index (χ1n) is 8.10. The van der Waals surface area contributed by atoms with Crippen LogP contribution in [-0.4, -0.2) is 6.21 Å². The summed E-state index contributed by atoms with van der Waals surface area (Å²) in [6, 6.07) is 12.9. The van der Waals surface area contributed by atoms with E-state index < -0.39 is 0 Å². The van der Waals surface area contributed by atoms with Crippen molar-refractivity contribution in [2.75, 3.05) is 0 Å². The molecule has 0 amide bonds. The van der Waals surface area contributed by atoms with Gasteiger partial charge in [-0.2, -0.15) is 0 Å². The first-order chi connectivity index (χ1) is 11.7. The summed E-state index contributed by atoms with van der Waals surface area (Å²) in [7, 11) is 0. The molecule has 2 aromatic carbocycles. The van der Waals surface area contributed by atoms with Gasteiger partial charge in [-0.3, -0.25) is 4.99 Å². The van der Waals surface area contributed by atoms with Crippen LogP contribution in [0.1, 0.15) is 17.5 Å². The maximum Gasteiger partial charge on any atom is 0.0269 e. The lowest BCUT2D eigenvalue weighted by atomic mass is 9.93. The molecule has 1 aliphatic rings. The van der Waals surface area contributed by atoms with Gasteiger partial charge in [-0.05, 0) is 51.6 Å². The molecule has 1 heteroatoms. The predicted octanol–water partition coefficient (Wildman–Crippen LogP) is 6.19. The zero-order valence-electron chi connectivity index (χ0n) is 14.0. The summed E-state index contributed by atoms with van der Waals surface area (Å²) in [6.07, 6.45) is 12.5. The van der Waals surface area contributed by atoms with Crippen LogP contribution >= 0.6 is 0 Å². The number of hydrogen-bond acceptors (Lipinski definition) is 1. The molecule has 1 heterocycles. The molecule has 0 bridgehead atoms. The second-order valence-corrected chi connectivity index (χ2v) is 5.87. The summed E-state index contributed by atoms with van der Waals surface area (Å²) in [6.45, 7) is 10.1. The van der Waals surface area contributed by atoms with E-state index in [1.54, 1.807) is 6.20 Å². The summed E-state index contributed by atoms with van der Waals surface area (Å²) in [5, 5.41) is 2.57. The smallest absolute Gasteiger partial charge is 0.0269 e. The van der Waals surface area contributed by atoms with Gasteiger partial charge in [0.15, 0.2) is 0 Å². The molecule has 0 atom stereocenters. The first kappa shape index (κ1) is 15.9. The molecule has 0 N–H and O–H groups in total. The van der Waals surface area contributed by atoms with Gasteiger partial charge in [0.1, 0.15) is 0 Å². The Morgan fingerprint density at radius 1 is 1.04 bits per heavy atom. The molecule has 24 heavy (non-hydrogen) atoms. The lowest BCUT2D eigenvalue weighted by Crippen LogP contribution is -1.91. The Morgan fingerprint density at radius 2 is 1.83 bits per heavy atom. The van der Waals surface area contributed by atoms with Crippen LogP contribution in [-0.2, 0) is 0 Å². The summed E-state index contributed by atoms with van der Waals surface area (Å²) in [4.78, 5) is 4.36. The van der Waals surface area contributed by atoms with Crippen molar-refractivity contribution in [3.63, 3.8) is 0 Å². The number of aliphatic imine (C=N–C) groups is 1. The van der Waals surface area contributed by atoms with Crippen molar-refractivity contribution in [3.8, 4) is 0 Å². The first-order valence-corrected chi connectivity index (χ1v) is 8.10. The fraction of sp³-hybridized carbons (Fsp3) is 0.0870. The van der Waals surface area contributed by atoms with Crippen molar-refractivity contribution in [2.24, 2.45) is 4.99 Å². The minimum absolute atomic E-state index is 0.783. The standard InChI is InChI=1S/C23H21N/c1-4-19-11-12-20(14-16-24-15-13-17(19)2)22-9-6-8-21-18(3)7-5-10-23(21)22/h4-13,15-16H,1-2,14H2,3H3/b15-13-,19-11-,20-12+,24-16?. The van der Waals surface area contributed by atoms with E-state index in [1.807, 2.05) is 18.4 Å². The molecule has 3 rings (SSSR count). The van der Waals surface area contributed by atoms with Crippen LogP contribution in [0.25, 0.3) is 16.3 Å². The molecular formula is C23H21N. The minimum atomic E-state index is 0.783. The maximum absolute atomic E-state index is 4.36. The zero-order chi connectivity index (χ0) is 16.9. The van der Waals surface area contributed by atoms with Crippen LogP contribution in [0.5, 0.6) is 0 Å². The minimum Gasteiger partial charge on any atom is -0.269 e. The van der Waals surface area contributed by atoms with Crippen molar-refractivity contribution in [1.29, 1.82) is 0 Å². The number of allylic oxidation sites excluding steroid dienone is 7. The highest BCUT2D eigenvalue weighted by Crippen LogP contribution is 2.29. The Bertz CT molecular complexity index is 920. The normalized spacial score (nSPS) is 20.8. The summed E-state index contributed by atoms with van der Waals surface area (Å²) >= 11 is 0. The average molecular weight is 311 g/mol. The molecular weight excluding hydrogens is 290 g/mol. The van der Waals surface area contributed by atoms with E-state index >= 15 is 0 Å². The quantitative estimate of drug-likeness (QED) is 0.627. The van der Waals surface area contributed by atoms with Crippen molar-refractivity contribution >= 4 is 22.6 Å². The highest BCUT2D eigenvalue weighted by molar-refractivity contribution is 5.98. The molecule has 2 aromatic rings.